The Kier molecular flexibility index (Phi) is 7.66. The number of aromatic nitrogens is 1. The Morgan fingerprint density at radius 1 is 0.526 bits per heavy atom. The van der Waals surface area contributed by atoms with E-state index in [0.29, 0.717) is 0 Å². The van der Waals surface area contributed by atoms with Crippen molar-refractivity contribution in [2.24, 2.45) is 10.7 Å². The van der Waals surface area contributed by atoms with E-state index < -0.39 is 5.41 Å². The molecule has 4 nitrogen and oxygen atoms in total. The molecule has 8 aromatic carbocycles. The summed E-state index contributed by atoms with van der Waals surface area (Å²) in [5.74, 6) is 0.793. The monoisotopic (exact) mass is 730 g/mol. The van der Waals surface area contributed by atoms with Gasteiger partial charge in [0.1, 0.15) is 5.84 Å². The summed E-state index contributed by atoms with van der Waals surface area (Å²) in [4.78, 5) is 5.16. The number of fused-ring (bicyclic) bond motifs is 7. The summed E-state index contributed by atoms with van der Waals surface area (Å²) < 4.78 is 2.41. The molecular weight excluding hydrogens is 693 g/mol. The van der Waals surface area contributed by atoms with Crippen molar-refractivity contribution >= 4 is 39.0 Å². The minimum atomic E-state index is -0.460. The molecule has 1 aromatic heterocycles. The average Bonchev–Trinajstić information content (AvgIpc) is 3.76. The van der Waals surface area contributed by atoms with Crippen LogP contribution in [0, 0.1) is 0 Å². The van der Waals surface area contributed by atoms with E-state index in [1.54, 1.807) is 0 Å². The van der Waals surface area contributed by atoms with Gasteiger partial charge in [-0.05, 0) is 93.6 Å². The van der Waals surface area contributed by atoms with Gasteiger partial charge in [-0.2, -0.15) is 0 Å². The van der Waals surface area contributed by atoms with Gasteiger partial charge in [0.2, 0.25) is 0 Å². The highest BCUT2D eigenvalue weighted by atomic mass is 15.0. The van der Waals surface area contributed by atoms with E-state index in [0.717, 1.165) is 39.6 Å². The van der Waals surface area contributed by atoms with E-state index in [1.165, 1.54) is 55.2 Å². The van der Waals surface area contributed by atoms with Crippen molar-refractivity contribution in [1.29, 1.82) is 0 Å². The van der Waals surface area contributed by atoms with Crippen LogP contribution in [0.5, 0.6) is 0 Å². The predicted octanol–water partition coefficient (Wildman–Crippen LogP) is 12.1. The molecule has 0 amide bonds. The number of aliphatic imine (C=N–C) groups is 1. The maximum Gasteiger partial charge on any atom is 0.138 e. The maximum absolute atomic E-state index is 6.70. The fraction of sp³-hybridized carbons (Fsp3) is 0.0377. The Morgan fingerprint density at radius 3 is 1.88 bits per heavy atom. The maximum atomic E-state index is 6.70. The molecule has 2 aliphatic rings. The van der Waals surface area contributed by atoms with Crippen molar-refractivity contribution in [1.82, 2.24) is 4.57 Å². The molecule has 0 radical (unpaired) electrons. The molecule has 1 unspecified atom stereocenters. The Bertz CT molecular complexity index is 2990. The first-order chi connectivity index (χ1) is 28.2. The molecule has 57 heavy (non-hydrogen) atoms. The van der Waals surface area contributed by atoms with Gasteiger partial charge in [-0.15, -0.1) is 0 Å². The summed E-state index contributed by atoms with van der Waals surface area (Å²) in [6, 6.07) is 71.6. The van der Waals surface area contributed by atoms with Crippen LogP contribution in [0.25, 0.3) is 44.3 Å². The van der Waals surface area contributed by atoms with E-state index in [2.05, 4.69) is 186 Å². The zero-order valence-electron chi connectivity index (χ0n) is 31.2. The van der Waals surface area contributed by atoms with Gasteiger partial charge in [-0.1, -0.05) is 152 Å². The summed E-state index contributed by atoms with van der Waals surface area (Å²) in [6.07, 6.45) is 2.06. The lowest BCUT2D eigenvalue weighted by molar-refractivity contribution is 0.769. The van der Waals surface area contributed by atoms with E-state index in [-0.39, 0.29) is 6.04 Å². The molecule has 0 saturated heterocycles. The Morgan fingerprint density at radius 2 is 1.14 bits per heavy atom. The minimum absolute atomic E-state index is 0.283. The van der Waals surface area contributed by atoms with E-state index in [9.17, 15) is 0 Å². The highest BCUT2D eigenvalue weighted by Crippen LogP contribution is 2.57. The topological polar surface area (TPSA) is 55.3 Å². The second kappa shape index (κ2) is 13.2. The summed E-state index contributed by atoms with van der Waals surface area (Å²) in [5, 5.41) is 6.06. The third kappa shape index (κ3) is 5.15. The molecule has 0 fully saturated rings. The number of nitrogens with one attached hydrogen (secondary N) is 1. The third-order valence-corrected chi connectivity index (χ3v) is 11.9. The number of para-hydroxylation sites is 2. The van der Waals surface area contributed by atoms with E-state index in [1.807, 2.05) is 30.3 Å². The molecular formula is C53H38N4. The molecule has 11 rings (SSSR count). The van der Waals surface area contributed by atoms with Crippen molar-refractivity contribution in [2.75, 3.05) is 5.32 Å². The highest BCUT2D eigenvalue weighted by Gasteiger charge is 2.46. The van der Waals surface area contributed by atoms with Crippen molar-refractivity contribution in [3.63, 3.8) is 0 Å². The first-order valence-electron chi connectivity index (χ1n) is 19.6. The second-order valence-corrected chi connectivity index (χ2v) is 15.0. The van der Waals surface area contributed by atoms with Gasteiger partial charge in [0.05, 0.1) is 28.2 Å². The molecule has 1 aliphatic carbocycles. The van der Waals surface area contributed by atoms with Crippen LogP contribution in [0.4, 0.5) is 5.69 Å². The molecule has 0 spiro atoms. The summed E-state index contributed by atoms with van der Waals surface area (Å²) >= 11 is 0. The van der Waals surface area contributed by atoms with Crippen LogP contribution in [0.15, 0.2) is 211 Å². The number of nitrogens with two attached hydrogens (primary N) is 1. The largest absolute Gasteiger partial charge is 0.339 e. The lowest BCUT2D eigenvalue weighted by Crippen LogP contribution is -2.28. The number of anilines is 1. The number of amidine groups is 1. The van der Waals surface area contributed by atoms with E-state index >= 15 is 0 Å². The van der Waals surface area contributed by atoms with E-state index in [4.69, 9.17) is 10.7 Å². The Labute approximate surface area is 331 Å². The van der Waals surface area contributed by atoms with Crippen molar-refractivity contribution in [2.45, 2.75) is 11.5 Å². The predicted molar refractivity (Wildman–Crippen MR) is 236 cm³/mol. The summed E-state index contributed by atoms with van der Waals surface area (Å²) in [5.41, 5.74) is 22.3. The van der Waals surface area contributed by atoms with Gasteiger partial charge in [-0.3, -0.25) is 0 Å². The van der Waals surface area contributed by atoms with Gasteiger partial charge in [0, 0.05) is 33.3 Å². The number of hydrogen-bond acceptors (Lipinski definition) is 3. The van der Waals surface area contributed by atoms with Gasteiger partial charge in [0.15, 0.2) is 0 Å². The standard InChI is InChI=1S/C53H38N4/c54-47(35-16-4-1-5-17-35)34-49-42-24-11-14-26-48(42)55-52(56-49)36-28-30-39(31-29-36)57-50-27-15-12-23-41(50)44-32-46-43(33-51(44)57)40-22-10-13-25-45(40)53(46,37-18-6-2-7-19-37)38-20-8-3-9-21-38/h1-34,47H,54H2,(H,55,56)/b49-34-. The number of rotatable bonds is 6. The fourth-order valence-corrected chi connectivity index (χ4v) is 9.31. The molecule has 3 N–H and O–H groups in total. The van der Waals surface area contributed by atoms with Gasteiger partial charge >= 0.3 is 0 Å². The molecule has 2 heterocycles. The molecule has 1 aliphatic heterocycles. The van der Waals surface area contributed by atoms with Crippen LogP contribution in [0.3, 0.4) is 0 Å². The van der Waals surface area contributed by atoms with Crippen LogP contribution in [-0.2, 0) is 5.41 Å². The molecule has 0 saturated carbocycles. The van der Waals surface area contributed by atoms with Gasteiger partial charge < -0.3 is 15.6 Å². The number of benzene rings is 8. The normalized spacial score (nSPS) is 15.1. The Hall–Kier alpha value is -7.27. The second-order valence-electron chi connectivity index (χ2n) is 15.0. The quantitative estimate of drug-likeness (QED) is 0.179. The lowest BCUT2D eigenvalue weighted by atomic mass is 9.67. The average molecular weight is 731 g/mol. The number of nitrogens with zero attached hydrogens (tertiary/aromatic N) is 2. The highest BCUT2D eigenvalue weighted by molar-refractivity contribution is 6.15. The number of hydrogen-bond donors (Lipinski definition) is 2. The van der Waals surface area contributed by atoms with Gasteiger partial charge in [-0.25, -0.2) is 4.99 Å². The van der Waals surface area contributed by atoms with Crippen LogP contribution in [0.2, 0.25) is 0 Å². The smallest absolute Gasteiger partial charge is 0.138 e. The molecule has 4 heteroatoms. The lowest BCUT2D eigenvalue weighted by Gasteiger charge is -2.33. The molecule has 270 valence electrons. The van der Waals surface area contributed by atoms with Crippen LogP contribution in [0.1, 0.15) is 45.0 Å². The third-order valence-electron chi connectivity index (χ3n) is 11.9. The van der Waals surface area contributed by atoms with Crippen LogP contribution < -0.4 is 11.1 Å². The van der Waals surface area contributed by atoms with Crippen LogP contribution in [-0.4, -0.2) is 10.4 Å². The summed E-state index contributed by atoms with van der Waals surface area (Å²) in [7, 11) is 0. The zero-order valence-corrected chi connectivity index (χ0v) is 31.2. The Balaban J connectivity index is 1.07. The first-order valence-corrected chi connectivity index (χ1v) is 19.6. The zero-order chi connectivity index (χ0) is 37.9. The van der Waals surface area contributed by atoms with Crippen molar-refractivity contribution < 1.29 is 0 Å². The minimum Gasteiger partial charge on any atom is -0.339 e. The fourth-order valence-electron chi connectivity index (χ4n) is 9.31. The molecule has 1 atom stereocenters. The van der Waals surface area contributed by atoms with Crippen molar-refractivity contribution in [3.05, 3.63) is 245 Å². The SMILES string of the molecule is NC(/C=C1\N=C(c2ccc(-n3c4ccccc4c4cc5c(cc43)-c3ccccc3C5(c3ccccc3)c3ccccc3)cc2)Nc2ccccc21)c1ccccc1. The molecule has 9 aromatic rings. The van der Waals surface area contributed by atoms with Crippen molar-refractivity contribution in [3.8, 4) is 16.8 Å². The first kappa shape index (κ1) is 33.1. The van der Waals surface area contributed by atoms with Crippen LogP contribution >= 0.6 is 0 Å². The summed E-state index contributed by atoms with van der Waals surface area (Å²) in [6.45, 7) is 0. The molecule has 0 bridgehead atoms. The van der Waals surface area contributed by atoms with Gasteiger partial charge in [0.25, 0.3) is 0 Å².